The van der Waals surface area contributed by atoms with Crippen LogP contribution in [0.4, 0.5) is 0 Å². The van der Waals surface area contributed by atoms with E-state index in [1.54, 1.807) is 0 Å². The average Bonchev–Trinajstić information content (AvgIpc) is 2.66. The van der Waals surface area contributed by atoms with Gasteiger partial charge in [0.15, 0.2) is 0 Å². The monoisotopic (exact) mass is 348 g/mol. The molecule has 0 aliphatic carbocycles. The maximum atomic E-state index is 12.4. The highest BCUT2D eigenvalue weighted by Gasteiger charge is 2.23. The Morgan fingerprint density at radius 2 is 1.95 bits per heavy atom. The summed E-state index contributed by atoms with van der Waals surface area (Å²) in [6, 6.07) is 0. The molecule has 0 aromatic carbocycles. The standard InChI is InChI=1S/C14H25BrN2OS/c15-4-7-16-5-1-6-17(9-8-16)14(18)12-13-2-10-19-11-3-13/h13H,1-12H2. The molecule has 0 saturated carbocycles. The van der Waals surface area contributed by atoms with E-state index in [1.807, 2.05) is 11.8 Å². The Hall–Kier alpha value is 0.260. The number of alkyl halides is 1. The summed E-state index contributed by atoms with van der Waals surface area (Å²) in [7, 11) is 0. The van der Waals surface area contributed by atoms with Gasteiger partial charge in [0.05, 0.1) is 0 Å². The topological polar surface area (TPSA) is 23.6 Å². The summed E-state index contributed by atoms with van der Waals surface area (Å²) in [5.74, 6) is 3.54. The van der Waals surface area contributed by atoms with E-state index in [0.29, 0.717) is 11.8 Å². The second-order valence-corrected chi connectivity index (χ2v) is 7.54. The van der Waals surface area contributed by atoms with E-state index in [-0.39, 0.29) is 0 Å². The molecule has 0 radical (unpaired) electrons. The van der Waals surface area contributed by atoms with Gasteiger partial charge in [0.25, 0.3) is 0 Å². The minimum absolute atomic E-state index is 0.401. The van der Waals surface area contributed by atoms with Crippen molar-refractivity contribution in [3.05, 3.63) is 0 Å². The molecule has 110 valence electrons. The number of carbonyl (C=O) groups is 1. The third-order valence-corrected chi connectivity index (χ3v) is 5.55. The summed E-state index contributed by atoms with van der Waals surface area (Å²) in [4.78, 5) is 16.9. The number of hydrogen-bond acceptors (Lipinski definition) is 3. The molecule has 2 rings (SSSR count). The average molecular weight is 349 g/mol. The molecule has 1 amide bonds. The normalized spacial score (nSPS) is 23.3. The predicted molar refractivity (Wildman–Crippen MR) is 86.1 cm³/mol. The van der Waals surface area contributed by atoms with Crippen LogP contribution in [0.3, 0.4) is 0 Å². The van der Waals surface area contributed by atoms with E-state index in [0.717, 1.165) is 50.9 Å². The largest absolute Gasteiger partial charge is 0.341 e. The summed E-state index contributed by atoms with van der Waals surface area (Å²) < 4.78 is 0. The lowest BCUT2D eigenvalue weighted by molar-refractivity contribution is -0.132. The molecular formula is C14H25BrN2OS. The number of halogens is 1. The van der Waals surface area contributed by atoms with Crippen LogP contribution in [-0.2, 0) is 4.79 Å². The Bertz CT molecular complexity index is 285. The van der Waals surface area contributed by atoms with Gasteiger partial charge in [-0.25, -0.2) is 0 Å². The number of thioether (sulfide) groups is 1. The van der Waals surface area contributed by atoms with Gasteiger partial charge < -0.3 is 9.80 Å². The molecule has 0 spiro atoms. The fraction of sp³-hybridized carbons (Fsp3) is 0.929. The second-order valence-electron chi connectivity index (χ2n) is 5.52. The minimum Gasteiger partial charge on any atom is -0.341 e. The number of nitrogens with zero attached hydrogens (tertiary/aromatic N) is 2. The lowest BCUT2D eigenvalue weighted by atomic mass is 9.98. The molecular weight excluding hydrogens is 324 g/mol. The van der Waals surface area contributed by atoms with E-state index in [1.165, 1.54) is 24.3 Å². The van der Waals surface area contributed by atoms with Crippen molar-refractivity contribution < 1.29 is 4.79 Å². The molecule has 0 atom stereocenters. The fourth-order valence-electron chi connectivity index (χ4n) is 2.89. The van der Waals surface area contributed by atoms with Crippen molar-refractivity contribution in [2.75, 3.05) is 49.6 Å². The Morgan fingerprint density at radius 3 is 2.68 bits per heavy atom. The first-order valence-electron chi connectivity index (χ1n) is 7.43. The van der Waals surface area contributed by atoms with Gasteiger partial charge in [0.1, 0.15) is 0 Å². The van der Waals surface area contributed by atoms with E-state index in [2.05, 4.69) is 25.7 Å². The molecule has 3 nitrogen and oxygen atoms in total. The van der Waals surface area contributed by atoms with Crippen LogP contribution in [0.25, 0.3) is 0 Å². The maximum absolute atomic E-state index is 12.4. The SMILES string of the molecule is O=C(CC1CCSCC1)N1CCCN(CCBr)CC1. The van der Waals surface area contributed by atoms with Gasteiger partial charge >= 0.3 is 0 Å². The third-order valence-electron chi connectivity index (χ3n) is 4.15. The fourth-order valence-corrected chi connectivity index (χ4v) is 4.60. The summed E-state index contributed by atoms with van der Waals surface area (Å²) in [5.41, 5.74) is 0. The van der Waals surface area contributed by atoms with E-state index >= 15 is 0 Å². The van der Waals surface area contributed by atoms with Gasteiger partial charge in [-0.15, -0.1) is 0 Å². The first-order valence-corrected chi connectivity index (χ1v) is 9.71. The van der Waals surface area contributed by atoms with Crippen molar-refractivity contribution in [3.8, 4) is 0 Å². The van der Waals surface area contributed by atoms with Crippen molar-refractivity contribution in [2.24, 2.45) is 5.92 Å². The summed E-state index contributed by atoms with van der Waals surface area (Å²) in [5, 5.41) is 1.03. The molecule has 0 aromatic heterocycles. The van der Waals surface area contributed by atoms with E-state index < -0.39 is 0 Å². The van der Waals surface area contributed by atoms with Crippen LogP contribution in [0.2, 0.25) is 0 Å². The maximum Gasteiger partial charge on any atom is 0.222 e. The molecule has 2 aliphatic rings. The van der Waals surface area contributed by atoms with E-state index in [9.17, 15) is 4.79 Å². The van der Waals surface area contributed by atoms with Crippen LogP contribution in [0.15, 0.2) is 0 Å². The van der Waals surface area contributed by atoms with Crippen LogP contribution in [0.1, 0.15) is 25.7 Å². The highest BCUT2D eigenvalue weighted by molar-refractivity contribution is 9.09. The van der Waals surface area contributed by atoms with Gasteiger partial charge in [-0.1, -0.05) is 15.9 Å². The van der Waals surface area contributed by atoms with Gasteiger partial charge in [0.2, 0.25) is 5.91 Å². The van der Waals surface area contributed by atoms with Crippen LogP contribution in [-0.4, -0.2) is 65.3 Å². The first-order chi connectivity index (χ1) is 9.29. The Balaban J connectivity index is 1.75. The smallest absolute Gasteiger partial charge is 0.222 e. The lowest BCUT2D eigenvalue weighted by Crippen LogP contribution is -2.36. The van der Waals surface area contributed by atoms with Crippen LogP contribution >= 0.6 is 27.7 Å². The zero-order valence-corrected chi connectivity index (χ0v) is 14.1. The zero-order valence-electron chi connectivity index (χ0n) is 11.7. The molecule has 0 aromatic rings. The van der Waals surface area contributed by atoms with Gasteiger partial charge in [-0.2, -0.15) is 11.8 Å². The van der Waals surface area contributed by atoms with Gasteiger partial charge in [-0.05, 0) is 43.2 Å². The van der Waals surface area contributed by atoms with Crippen LogP contribution < -0.4 is 0 Å². The molecule has 0 bridgehead atoms. The molecule has 2 aliphatic heterocycles. The second kappa shape index (κ2) is 8.53. The zero-order chi connectivity index (χ0) is 13.5. The third kappa shape index (κ3) is 5.27. The molecule has 0 unspecified atom stereocenters. The summed E-state index contributed by atoms with van der Waals surface area (Å²) >= 11 is 5.53. The number of amides is 1. The van der Waals surface area contributed by atoms with Crippen molar-refractivity contribution >= 4 is 33.6 Å². The molecule has 0 N–H and O–H groups in total. The van der Waals surface area contributed by atoms with Crippen molar-refractivity contribution in [2.45, 2.75) is 25.7 Å². The lowest BCUT2D eigenvalue weighted by Gasteiger charge is -2.26. The highest BCUT2D eigenvalue weighted by Crippen LogP contribution is 2.26. The Morgan fingerprint density at radius 1 is 1.16 bits per heavy atom. The van der Waals surface area contributed by atoms with Crippen LogP contribution in [0, 0.1) is 5.92 Å². The molecule has 19 heavy (non-hydrogen) atoms. The highest BCUT2D eigenvalue weighted by atomic mass is 79.9. The van der Waals surface area contributed by atoms with Gasteiger partial charge in [0, 0.05) is 37.9 Å². The first kappa shape index (κ1) is 15.6. The number of carbonyl (C=O) groups excluding carboxylic acids is 1. The molecule has 5 heteroatoms. The van der Waals surface area contributed by atoms with Crippen molar-refractivity contribution in [1.82, 2.24) is 9.80 Å². The van der Waals surface area contributed by atoms with Crippen molar-refractivity contribution in [3.63, 3.8) is 0 Å². The summed E-state index contributed by atoms with van der Waals surface area (Å²) in [6.07, 6.45) is 4.39. The quantitative estimate of drug-likeness (QED) is 0.729. The Kier molecular flexibility index (Phi) is 7.02. The van der Waals surface area contributed by atoms with Crippen molar-refractivity contribution in [1.29, 1.82) is 0 Å². The minimum atomic E-state index is 0.401. The molecule has 2 saturated heterocycles. The number of rotatable bonds is 4. The molecule has 2 heterocycles. The Labute approximate surface area is 129 Å². The van der Waals surface area contributed by atoms with E-state index in [4.69, 9.17) is 0 Å². The van der Waals surface area contributed by atoms with Gasteiger partial charge in [-0.3, -0.25) is 4.79 Å². The van der Waals surface area contributed by atoms with Crippen LogP contribution in [0.5, 0.6) is 0 Å². The number of hydrogen-bond donors (Lipinski definition) is 0. The predicted octanol–water partition coefficient (Wildman–Crippen LogP) is 2.45. The summed E-state index contributed by atoms with van der Waals surface area (Å²) in [6.45, 7) is 5.15. The molecule has 2 fully saturated rings.